The van der Waals surface area contributed by atoms with Crippen molar-refractivity contribution in [1.82, 2.24) is 5.32 Å². The molecule has 1 aliphatic heterocycles. The summed E-state index contributed by atoms with van der Waals surface area (Å²) < 4.78 is 5.74. The first-order chi connectivity index (χ1) is 14.5. The van der Waals surface area contributed by atoms with E-state index in [1.165, 1.54) is 17.8 Å². The average Bonchev–Trinajstić information content (AvgIpc) is 3.02. The van der Waals surface area contributed by atoms with Gasteiger partial charge in [0.1, 0.15) is 11.5 Å². The van der Waals surface area contributed by atoms with Gasteiger partial charge >= 0.3 is 0 Å². The van der Waals surface area contributed by atoms with Crippen LogP contribution < -0.4 is 15.4 Å². The van der Waals surface area contributed by atoms with Crippen LogP contribution in [0, 0.1) is 0 Å². The molecule has 0 unspecified atom stereocenters. The largest absolute Gasteiger partial charge is 0.457 e. The van der Waals surface area contributed by atoms with Gasteiger partial charge in [-0.25, -0.2) is 0 Å². The summed E-state index contributed by atoms with van der Waals surface area (Å²) in [6.45, 7) is 0. The number of amides is 3. The Bertz CT molecular complexity index is 1150. The van der Waals surface area contributed by atoms with Crippen LogP contribution in [0.5, 0.6) is 11.5 Å². The molecular formula is C22H15ClN2O4S. The van der Waals surface area contributed by atoms with Gasteiger partial charge in [-0.2, -0.15) is 0 Å². The summed E-state index contributed by atoms with van der Waals surface area (Å²) in [6, 6.07) is 18.9. The second-order valence-electron chi connectivity index (χ2n) is 6.38. The number of thioether (sulfide) groups is 1. The lowest BCUT2D eigenvalue weighted by Gasteiger charge is -2.09. The van der Waals surface area contributed by atoms with Gasteiger partial charge in [0, 0.05) is 10.6 Å². The van der Waals surface area contributed by atoms with Crippen molar-refractivity contribution in [2.45, 2.75) is 4.90 Å². The van der Waals surface area contributed by atoms with Gasteiger partial charge in [-0.15, -0.1) is 11.8 Å². The molecule has 0 spiro atoms. The van der Waals surface area contributed by atoms with E-state index in [4.69, 9.17) is 16.3 Å². The van der Waals surface area contributed by atoms with E-state index in [1.807, 2.05) is 18.2 Å². The number of carbonyl (C=O) groups excluding carboxylic acids is 3. The quantitative estimate of drug-likeness (QED) is 0.428. The molecular weight excluding hydrogens is 424 g/mol. The predicted molar refractivity (Wildman–Crippen MR) is 116 cm³/mol. The standard InChI is InChI=1S/C22H15ClN2O4S/c23-18-3-1-2-4-19(18)30-12-20(26)24-13-5-7-14(8-6-13)29-15-9-10-16-17(11-15)22(28)25-21(16)27/h1-11H,12H2,(H,24,26)(H,25,27,28). The van der Waals surface area contributed by atoms with Gasteiger partial charge in [-0.05, 0) is 54.6 Å². The van der Waals surface area contributed by atoms with Crippen LogP contribution in [0.2, 0.25) is 5.02 Å². The second-order valence-corrected chi connectivity index (χ2v) is 7.81. The van der Waals surface area contributed by atoms with Gasteiger partial charge in [-0.1, -0.05) is 23.7 Å². The van der Waals surface area contributed by atoms with Crippen LogP contribution in [-0.2, 0) is 4.79 Å². The normalized spacial score (nSPS) is 12.3. The third-order valence-electron chi connectivity index (χ3n) is 4.28. The van der Waals surface area contributed by atoms with Crippen molar-refractivity contribution in [3.63, 3.8) is 0 Å². The molecule has 0 bridgehead atoms. The number of hydrogen-bond donors (Lipinski definition) is 2. The summed E-state index contributed by atoms with van der Waals surface area (Å²) in [4.78, 5) is 36.4. The molecule has 0 aliphatic carbocycles. The number of benzene rings is 3. The number of anilines is 1. The predicted octanol–water partition coefficient (Wildman–Crippen LogP) is 4.75. The summed E-state index contributed by atoms with van der Waals surface area (Å²) in [5, 5.41) is 5.67. The van der Waals surface area contributed by atoms with Crippen LogP contribution in [0.1, 0.15) is 20.7 Å². The number of imide groups is 1. The van der Waals surface area contributed by atoms with Crippen LogP contribution in [0.4, 0.5) is 5.69 Å². The molecule has 0 saturated carbocycles. The zero-order valence-corrected chi connectivity index (χ0v) is 17.0. The van der Waals surface area contributed by atoms with Crippen LogP contribution in [0.25, 0.3) is 0 Å². The first-order valence-corrected chi connectivity index (χ1v) is 10.3. The highest BCUT2D eigenvalue weighted by molar-refractivity contribution is 8.00. The number of ether oxygens (including phenoxy) is 1. The fourth-order valence-corrected chi connectivity index (χ4v) is 3.89. The van der Waals surface area contributed by atoms with Crippen molar-refractivity contribution in [2.75, 3.05) is 11.1 Å². The van der Waals surface area contributed by atoms with E-state index < -0.39 is 11.8 Å². The molecule has 6 nitrogen and oxygen atoms in total. The average molecular weight is 439 g/mol. The van der Waals surface area contributed by atoms with Gasteiger partial charge < -0.3 is 10.1 Å². The Morgan fingerprint density at radius 1 is 0.933 bits per heavy atom. The maximum absolute atomic E-state index is 12.2. The Balaban J connectivity index is 1.35. The lowest BCUT2D eigenvalue weighted by molar-refractivity contribution is -0.113. The van der Waals surface area contributed by atoms with Gasteiger partial charge in [0.2, 0.25) is 5.91 Å². The monoisotopic (exact) mass is 438 g/mol. The van der Waals surface area contributed by atoms with E-state index in [2.05, 4.69) is 10.6 Å². The number of nitrogens with one attached hydrogen (secondary N) is 2. The Morgan fingerprint density at radius 2 is 1.63 bits per heavy atom. The molecule has 150 valence electrons. The second kappa shape index (κ2) is 8.61. The van der Waals surface area contributed by atoms with E-state index in [0.717, 1.165) is 4.90 Å². The number of carbonyl (C=O) groups is 3. The number of rotatable bonds is 6. The number of halogens is 1. The Kier molecular flexibility index (Phi) is 5.74. The Hall–Kier alpha value is -3.29. The first-order valence-electron chi connectivity index (χ1n) is 8.94. The van der Waals surface area contributed by atoms with Gasteiger partial charge in [0.15, 0.2) is 0 Å². The van der Waals surface area contributed by atoms with Crippen LogP contribution in [0.15, 0.2) is 71.6 Å². The minimum atomic E-state index is -0.437. The zero-order chi connectivity index (χ0) is 21.1. The van der Waals surface area contributed by atoms with Crippen molar-refractivity contribution in [1.29, 1.82) is 0 Å². The summed E-state index contributed by atoms with van der Waals surface area (Å²) in [7, 11) is 0. The van der Waals surface area contributed by atoms with E-state index in [-0.39, 0.29) is 17.2 Å². The molecule has 3 aromatic rings. The van der Waals surface area contributed by atoms with Gasteiger partial charge in [-0.3, -0.25) is 19.7 Å². The van der Waals surface area contributed by atoms with Gasteiger partial charge in [0.25, 0.3) is 11.8 Å². The fraction of sp³-hybridized carbons (Fsp3) is 0.0455. The highest BCUT2D eigenvalue weighted by Crippen LogP contribution is 2.28. The highest BCUT2D eigenvalue weighted by atomic mass is 35.5. The number of hydrogen-bond acceptors (Lipinski definition) is 5. The molecule has 30 heavy (non-hydrogen) atoms. The van der Waals surface area contributed by atoms with Gasteiger partial charge in [0.05, 0.1) is 21.9 Å². The Morgan fingerprint density at radius 3 is 2.40 bits per heavy atom. The molecule has 0 fully saturated rings. The molecule has 3 aromatic carbocycles. The lowest BCUT2D eigenvalue weighted by atomic mass is 10.1. The molecule has 1 heterocycles. The van der Waals surface area contributed by atoms with E-state index in [0.29, 0.717) is 27.8 Å². The minimum absolute atomic E-state index is 0.150. The summed E-state index contributed by atoms with van der Waals surface area (Å²) in [6.07, 6.45) is 0. The third-order valence-corrected chi connectivity index (χ3v) is 5.79. The van der Waals surface area contributed by atoms with E-state index in [1.54, 1.807) is 42.5 Å². The molecule has 2 N–H and O–H groups in total. The van der Waals surface area contributed by atoms with Crippen molar-refractivity contribution < 1.29 is 19.1 Å². The molecule has 0 radical (unpaired) electrons. The number of fused-ring (bicyclic) bond motifs is 1. The van der Waals surface area contributed by atoms with Crippen LogP contribution in [-0.4, -0.2) is 23.5 Å². The first kappa shape index (κ1) is 20.0. The molecule has 0 saturated heterocycles. The summed E-state index contributed by atoms with van der Waals surface area (Å²) >= 11 is 7.46. The lowest BCUT2D eigenvalue weighted by Crippen LogP contribution is -2.19. The van der Waals surface area contributed by atoms with Crippen molar-refractivity contribution in [3.8, 4) is 11.5 Å². The third kappa shape index (κ3) is 4.48. The Labute approximate surface area is 181 Å². The topological polar surface area (TPSA) is 84.5 Å². The maximum atomic E-state index is 12.2. The molecule has 1 aliphatic rings. The molecule has 8 heteroatoms. The van der Waals surface area contributed by atoms with E-state index in [9.17, 15) is 14.4 Å². The summed E-state index contributed by atoms with van der Waals surface area (Å²) in [5.74, 6) is 0.206. The molecule has 3 amide bonds. The highest BCUT2D eigenvalue weighted by Gasteiger charge is 2.26. The van der Waals surface area contributed by atoms with Crippen molar-refractivity contribution in [2.24, 2.45) is 0 Å². The maximum Gasteiger partial charge on any atom is 0.259 e. The fourth-order valence-electron chi connectivity index (χ4n) is 2.86. The summed E-state index contributed by atoms with van der Waals surface area (Å²) in [5.41, 5.74) is 1.25. The zero-order valence-electron chi connectivity index (χ0n) is 15.5. The van der Waals surface area contributed by atoms with E-state index >= 15 is 0 Å². The molecule has 4 rings (SSSR count). The SMILES string of the molecule is O=C(CSc1ccccc1Cl)Nc1ccc(Oc2ccc3c(c2)C(=O)NC3=O)cc1. The van der Waals surface area contributed by atoms with Crippen molar-refractivity contribution >= 4 is 46.8 Å². The van der Waals surface area contributed by atoms with Crippen molar-refractivity contribution in [3.05, 3.63) is 82.9 Å². The minimum Gasteiger partial charge on any atom is -0.457 e. The smallest absolute Gasteiger partial charge is 0.259 e. The molecule has 0 aromatic heterocycles. The van der Waals surface area contributed by atoms with Crippen LogP contribution in [0.3, 0.4) is 0 Å². The molecule has 0 atom stereocenters. The van der Waals surface area contributed by atoms with Crippen LogP contribution >= 0.6 is 23.4 Å².